The lowest BCUT2D eigenvalue weighted by Crippen LogP contribution is -2.20. The predicted octanol–water partition coefficient (Wildman–Crippen LogP) is 11.6. The van der Waals surface area contributed by atoms with Crippen molar-refractivity contribution < 1.29 is 0 Å². The van der Waals surface area contributed by atoms with Crippen molar-refractivity contribution in [2.75, 3.05) is 0 Å². The van der Waals surface area contributed by atoms with Crippen LogP contribution in [0.5, 0.6) is 0 Å². The molecule has 1 aliphatic heterocycles. The molecule has 1 aliphatic rings. The lowest BCUT2D eigenvalue weighted by atomic mass is 9.86. The first-order valence-electron chi connectivity index (χ1n) is 18.3. The molecule has 0 spiro atoms. The van der Waals surface area contributed by atoms with E-state index >= 15 is 0 Å². The SMILES string of the molecule is N=C(/C(=C1\NC(c2ccccc2)=Cc2ccc(-c3cccc(-c4nc(-c5ccccc5)nc(-c5ccccc5)n4)c3)cc21)c1ccccc1)c1ccccc1. The molecule has 0 atom stereocenters. The molecule has 0 saturated heterocycles. The molecule has 9 rings (SSSR count). The summed E-state index contributed by atoms with van der Waals surface area (Å²) in [6.45, 7) is 0. The number of hydrogen-bond acceptors (Lipinski definition) is 5. The molecule has 0 fully saturated rings. The van der Waals surface area contributed by atoms with Crippen molar-refractivity contribution in [1.82, 2.24) is 20.3 Å². The smallest absolute Gasteiger partial charge is 0.164 e. The highest BCUT2D eigenvalue weighted by molar-refractivity contribution is 6.36. The summed E-state index contributed by atoms with van der Waals surface area (Å²) < 4.78 is 0. The van der Waals surface area contributed by atoms with Gasteiger partial charge < -0.3 is 5.32 Å². The molecule has 5 heteroatoms. The molecule has 0 aliphatic carbocycles. The highest BCUT2D eigenvalue weighted by atomic mass is 15.0. The fraction of sp³-hybridized carbons (Fsp3) is 0. The average molecular weight is 706 g/mol. The molecule has 7 aromatic carbocycles. The van der Waals surface area contributed by atoms with Crippen LogP contribution in [0, 0.1) is 5.41 Å². The van der Waals surface area contributed by atoms with Gasteiger partial charge in [-0.2, -0.15) is 0 Å². The third-order valence-corrected chi connectivity index (χ3v) is 9.75. The van der Waals surface area contributed by atoms with Gasteiger partial charge in [0.25, 0.3) is 0 Å². The zero-order valence-corrected chi connectivity index (χ0v) is 29.9. The molecule has 5 nitrogen and oxygen atoms in total. The fourth-order valence-electron chi connectivity index (χ4n) is 6.99. The van der Waals surface area contributed by atoms with Crippen LogP contribution in [0.3, 0.4) is 0 Å². The Kier molecular flexibility index (Phi) is 9.01. The maximum absolute atomic E-state index is 9.64. The number of nitrogens with one attached hydrogen (secondary N) is 2. The van der Waals surface area contributed by atoms with E-state index in [-0.39, 0.29) is 0 Å². The molecule has 0 saturated carbocycles. The summed E-state index contributed by atoms with van der Waals surface area (Å²) >= 11 is 0. The van der Waals surface area contributed by atoms with Gasteiger partial charge in [0.05, 0.1) is 11.4 Å². The maximum atomic E-state index is 9.64. The summed E-state index contributed by atoms with van der Waals surface area (Å²) in [4.78, 5) is 14.9. The number of rotatable bonds is 8. The highest BCUT2D eigenvalue weighted by Gasteiger charge is 2.24. The second kappa shape index (κ2) is 14.9. The lowest BCUT2D eigenvalue weighted by Gasteiger charge is -2.27. The Morgan fingerprint density at radius 2 is 0.855 bits per heavy atom. The van der Waals surface area contributed by atoms with Crippen LogP contribution in [-0.2, 0) is 0 Å². The number of benzene rings is 7. The minimum atomic E-state index is 0.445. The summed E-state index contributed by atoms with van der Waals surface area (Å²) in [5.74, 6) is 1.85. The largest absolute Gasteiger partial charge is 0.354 e. The Morgan fingerprint density at radius 3 is 1.44 bits per heavy atom. The Bertz CT molecular complexity index is 2650. The second-order valence-corrected chi connectivity index (χ2v) is 13.3. The van der Waals surface area contributed by atoms with Crippen LogP contribution in [0.15, 0.2) is 194 Å². The van der Waals surface area contributed by atoms with E-state index < -0.39 is 0 Å². The molecule has 0 radical (unpaired) electrons. The van der Waals surface area contributed by atoms with E-state index in [1.54, 1.807) is 0 Å². The summed E-state index contributed by atoms with van der Waals surface area (Å²) in [5.41, 5.74) is 12.9. The zero-order valence-electron chi connectivity index (χ0n) is 29.9. The molecule has 0 bridgehead atoms. The first kappa shape index (κ1) is 33.3. The Morgan fingerprint density at radius 1 is 0.400 bits per heavy atom. The quantitative estimate of drug-likeness (QED) is 0.154. The minimum absolute atomic E-state index is 0.445. The highest BCUT2D eigenvalue weighted by Crippen LogP contribution is 2.39. The van der Waals surface area contributed by atoms with E-state index in [9.17, 15) is 5.41 Å². The number of aromatic nitrogens is 3. The standard InChI is InChI=1S/C50H35N5/c51-46(36-21-10-3-11-22-36)45(35-19-8-2-9-20-35)47-43-32-40(29-30-41(43)33-44(52-47)34-17-6-1-7-18-34)39-27-16-28-42(31-39)50-54-48(37-23-12-4-13-24-37)53-49(55-50)38-25-14-5-15-26-38/h1-33,51-52H/b47-45-,51-46?. The van der Waals surface area contributed by atoms with Crippen molar-refractivity contribution in [3.63, 3.8) is 0 Å². The predicted molar refractivity (Wildman–Crippen MR) is 226 cm³/mol. The number of nitrogens with zero attached hydrogens (tertiary/aromatic N) is 3. The Labute approximate surface area is 320 Å². The lowest BCUT2D eigenvalue weighted by molar-refractivity contribution is 1.07. The van der Waals surface area contributed by atoms with Crippen LogP contribution in [0.1, 0.15) is 27.8 Å². The average Bonchev–Trinajstić information content (AvgIpc) is 3.27. The van der Waals surface area contributed by atoms with Crippen molar-refractivity contribution >= 4 is 28.8 Å². The molecule has 0 amide bonds. The first-order chi connectivity index (χ1) is 27.2. The van der Waals surface area contributed by atoms with E-state index in [1.807, 2.05) is 115 Å². The topological polar surface area (TPSA) is 74.6 Å². The monoisotopic (exact) mass is 705 g/mol. The molecular weight excluding hydrogens is 671 g/mol. The van der Waals surface area contributed by atoms with Gasteiger partial charge in [0.15, 0.2) is 17.5 Å². The molecule has 0 unspecified atom stereocenters. The molecule has 1 aromatic heterocycles. The van der Waals surface area contributed by atoms with Crippen LogP contribution in [0.2, 0.25) is 0 Å². The van der Waals surface area contributed by atoms with E-state index in [0.717, 1.165) is 72.6 Å². The molecule has 2 N–H and O–H groups in total. The minimum Gasteiger partial charge on any atom is -0.354 e. The number of fused-ring (bicyclic) bond motifs is 1. The number of allylic oxidation sites excluding steroid dienone is 1. The van der Waals surface area contributed by atoms with Crippen molar-refractivity contribution in [2.24, 2.45) is 0 Å². The first-order valence-corrected chi connectivity index (χ1v) is 18.3. The van der Waals surface area contributed by atoms with Gasteiger partial charge in [-0.1, -0.05) is 182 Å². The van der Waals surface area contributed by atoms with Gasteiger partial charge in [0, 0.05) is 39.1 Å². The van der Waals surface area contributed by atoms with Gasteiger partial charge in [-0.3, -0.25) is 5.41 Å². The van der Waals surface area contributed by atoms with E-state index in [4.69, 9.17) is 15.0 Å². The summed E-state index contributed by atoms with van der Waals surface area (Å²) in [6, 6.07) is 65.6. The van der Waals surface area contributed by atoms with Crippen molar-refractivity contribution in [1.29, 1.82) is 5.41 Å². The van der Waals surface area contributed by atoms with Gasteiger partial charge in [-0.05, 0) is 46.0 Å². The molecular formula is C50H35N5. The van der Waals surface area contributed by atoms with Gasteiger partial charge in [0.2, 0.25) is 0 Å². The van der Waals surface area contributed by atoms with Crippen molar-refractivity contribution in [3.8, 4) is 45.3 Å². The maximum Gasteiger partial charge on any atom is 0.164 e. The van der Waals surface area contributed by atoms with Gasteiger partial charge in [-0.15, -0.1) is 0 Å². The van der Waals surface area contributed by atoms with Crippen LogP contribution in [0.4, 0.5) is 0 Å². The van der Waals surface area contributed by atoms with Crippen LogP contribution >= 0.6 is 0 Å². The van der Waals surface area contributed by atoms with E-state index in [0.29, 0.717) is 23.2 Å². The van der Waals surface area contributed by atoms with E-state index in [2.05, 4.69) is 90.3 Å². The third kappa shape index (κ3) is 6.90. The fourth-order valence-corrected chi connectivity index (χ4v) is 6.99. The number of hydrogen-bond donors (Lipinski definition) is 2. The van der Waals surface area contributed by atoms with Crippen LogP contribution in [0.25, 0.3) is 68.3 Å². The van der Waals surface area contributed by atoms with Crippen molar-refractivity contribution in [2.45, 2.75) is 0 Å². The summed E-state index contributed by atoms with van der Waals surface area (Å²) in [7, 11) is 0. The normalized spacial score (nSPS) is 12.9. The summed E-state index contributed by atoms with van der Waals surface area (Å²) in [6.07, 6.45) is 2.20. The van der Waals surface area contributed by atoms with Crippen LogP contribution in [-0.4, -0.2) is 20.7 Å². The molecule has 2 heterocycles. The van der Waals surface area contributed by atoms with Crippen LogP contribution < -0.4 is 5.32 Å². The van der Waals surface area contributed by atoms with Crippen molar-refractivity contribution in [3.05, 3.63) is 222 Å². The Hall–Kier alpha value is -7.50. The third-order valence-electron chi connectivity index (χ3n) is 9.75. The van der Waals surface area contributed by atoms with Gasteiger partial charge in [-0.25, -0.2) is 15.0 Å². The molecule has 8 aromatic rings. The van der Waals surface area contributed by atoms with E-state index in [1.165, 1.54) is 0 Å². The summed E-state index contributed by atoms with van der Waals surface area (Å²) in [5, 5.41) is 13.4. The second-order valence-electron chi connectivity index (χ2n) is 13.3. The molecule has 260 valence electrons. The zero-order chi connectivity index (χ0) is 37.0. The van der Waals surface area contributed by atoms with Gasteiger partial charge in [0.1, 0.15) is 0 Å². The Balaban J connectivity index is 1.21. The molecule has 55 heavy (non-hydrogen) atoms. The van der Waals surface area contributed by atoms with Gasteiger partial charge >= 0.3 is 0 Å².